The maximum Gasteiger partial charge on any atom is 0.227 e. The Morgan fingerprint density at radius 1 is 0.379 bits per heavy atom. The highest BCUT2D eigenvalue weighted by Gasteiger charge is 2.20. The fourth-order valence-electron chi connectivity index (χ4n) is 8.41. The second-order valence-corrected chi connectivity index (χ2v) is 15.6. The number of rotatable bonds is 5. The van der Waals surface area contributed by atoms with Gasteiger partial charge in [-0.2, -0.15) is 0 Å². The molecule has 0 aliphatic heterocycles. The van der Waals surface area contributed by atoms with Gasteiger partial charge in [0, 0.05) is 53.2 Å². The summed E-state index contributed by atoms with van der Waals surface area (Å²) in [5, 5.41) is 9.07. The Morgan fingerprint density at radius 2 is 1.00 bits per heavy atom. The lowest BCUT2D eigenvalue weighted by Crippen LogP contribution is -2.01. The molecule has 0 bridgehead atoms. The largest absolute Gasteiger partial charge is 0.435 e. The van der Waals surface area contributed by atoms with Crippen LogP contribution in [0.5, 0.6) is 0 Å². The van der Waals surface area contributed by atoms with Crippen molar-refractivity contribution in [2.75, 3.05) is 0 Å². The molecule has 5 nitrogen and oxygen atoms in total. The molecule has 0 N–H and O–H groups in total. The summed E-state index contributed by atoms with van der Waals surface area (Å²) < 4.78 is 8.98. The number of oxazole rings is 1. The van der Waals surface area contributed by atoms with Gasteiger partial charge in [-0.15, -0.1) is 11.3 Å². The predicted molar refractivity (Wildman–Crippen MR) is 240 cm³/mol. The van der Waals surface area contributed by atoms with E-state index in [-0.39, 0.29) is 0 Å². The first-order valence-corrected chi connectivity index (χ1v) is 20.1. The van der Waals surface area contributed by atoms with Crippen LogP contribution in [0.4, 0.5) is 0 Å². The second-order valence-electron chi connectivity index (χ2n) is 14.6. The van der Waals surface area contributed by atoms with E-state index in [0.717, 1.165) is 81.5 Å². The molecular weight excluding hydrogens is 729 g/mol. The Kier molecular flexibility index (Phi) is 7.33. The Bertz CT molecular complexity index is 3570. The van der Waals surface area contributed by atoms with Crippen molar-refractivity contribution < 1.29 is 4.42 Å². The molecule has 0 spiro atoms. The summed E-state index contributed by atoms with van der Waals surface area (Å²) in [7, 11) is 0. The zero-order valence-electron chi connectivity index (χ0n) is 30.9. The molecule has 0 aliphatic carbocycles. The van der Waals surface area contributed by atoms with Gasteiger partial charge >= 0.3 is 0 Å². The maximum atomic E-state index is 6.58. The van der Waals surface area contributed by atoms with Crippen molar-refractivity contribution >= 4 is 74.9 Å². The summed E-state index contributed by atoms with van der Waals surface area (Å²) >= 11 is 1.78. The zero-order chi connectivity index (χ0) is 38.2. The highest BCUT2D eigenvalue weighted by Crippen LogP contribution is 2.42. The molecule has 0 aliphatic rings. The molecule has 0 unspecified atom stereocenters. The third kappa shape index (κ3) is 5.23. The minimum Gasteiger partial charge on any atom is -0.435 e. The summed E-state index contributed by atoms with van der Waals surface area (Å²) in [6, 6.07) is 63.4. The van der Waals surface area contributed by atoms with Crippen LogP contribution >= 0.6 is 11.3 Å². The van der Waals surface area contributed by atoms with E-state index >= 15 is 0 Å². The fraction of sp³-hybridized carbons (Fsp3) is 0. The van der Waals surface area contributed by atoms with Crippen LogP contribution in [-0.2, 0) is 0 Å². The zero-order valence-corrected chi connectivity index (χ0v) is 31.7. The lowest BCUT2D eigenvalue weighted by atomic mass is 9.95. The lowest BCUT2D eigenvalue weighted by molar-refractivity contribution is 0.623. The first kappa shape index (κ1) is 32.7. The highest BCUT2D eigenvalue weighted by molar-refractivity contribution is 7.26. The van der Waals surface area contributed by atoms with E-state index in [1.165, 1.54) is 15.5 Å². The molecule has 3 heterocycles. The minimum absolute atomic E-state index is 0.615. The molecule has 58 heavy (non-hydrogen) atoms. The first-order valence-electron chi connectivity index (χ1n) is 19.3. The van der Waals surface area contributed by atoms with Crippen LogP contribution in [0.2, 0.25) is 0 Å². The average molecular weight is 759 g/mol. The quantitative estimate of drug-likeness (QED) is 0.164. The Hall–Kier alpha value is -7.54. The predicted octanol–water partition coefficient (Wildman–Crippen LogP) is 14.2. The normalized spacial score (nSPS) is 11.8. The van der Waals surface area contributed by atoms with Gasteiger partial charge < -0.3 is 4.42 Å². The number of thiophene rings is 1. The molecule has 12 rings (SSSR count). The van der Waals surface area contributed by atoms with E-state index in [0.29, 0.717) is 23.4 Å². The fourth-order valence-corrected chi connectivity index (χ4v) is 9.62. The number of fused-ring (bicyclic) bond motifs is 10. The highest BCUT2D eigenvalue weighted by atomic mass is 32.1. The SMILES string of the molecule is c1ccc(-c2nc3ccc4ccc5ccc6cc(-c7nc(-c8ccccc8-c8ccccc8)nc(-c8cccc9c8sc8ccccc89)n7)ccc6c5c4c3o2)cc1. The summed E-state index contributed by atoms with van der Waals surface area (Å²) in [5.41, 5.74) is 7.60. The molecule has 0 fully saturated rings. The van der Waals surface area contributed by atoms with Crippen LogP contribution < -0.4 is 0 Å². The monoisotopic (exact) mass is 758 g/mol. The van der Waals surface area contributed by atoms with E-state index in [9.17, 15) is 0 Å². The van der Waals surface area contributed by atoms with Crippen LogP contribution in [-0.4, -0.2) is 19.9 Å². The molecule has 0 amide bonds. The standard InChI is InChI=1S/C52H30N4OS/c1-3-12-31(13-4-1)37-16-7-8-18-41(37)50-54-49(55-51(56-50)42-20-11-19-40-39-17-9-10-21-44(39)58-48(40)42)36-26-28-38-35(30-36)25-24-32-22-23-33-27-29-43-47(46(33)45(32)38)57-52(53-43)34-14-5-2-6-15-34/h1-30H. The van der Waals surface area contributed by atoms with Crippen molar-refractivity contribution in [1.82, 2.24) is 19.9 Å². The van der Waals surface area contributed by atoms with Gasteiger partial charge in [-0.3, -0.25) is 0 Å². The summed E-state index contributed by atoms with van der Waals surface area (Å²) in [5.74, 6) is 2.51. The van der Waals surface area contributed by atoms with E-state index in [1.807, 2.05) is 42.5 Å². The van der Waals surface area contributed by atoms with E-state index in [1.54, 1.807) is 11.3 Å². The first-order chi connectivity index (χ1) is 28.7. The van der Waals surface area contributed by atoms with E-state index in [4.69, 9.17) is 24.4 Å². The van der Waals surface area contributed by atoms with Crippen molar-refractivity contribution in [2.24, 2.45) is 0 Å². The van der Waals surface area contributed by atoms with Gasteiger partial charge in [-0.25, -0.2) is 19.9 Å². The van der Waals surface area contributed by atoms with Crippen LogP contribution in [0.25, 0.3) is 120 Å². The van der Waals surface area contributed by atoms with Gasteiger partial charge in [0.15, 0.2) is 23.1 Å². The molecule has 6 heteroatoms. The molecule has 9 aromatic carbocycles. The molecule has 0 atom stereocenters. The number of hydrogen-bond donors (Lipinski definition) is 0. The molecule has 0 radical (unpaired) electrons. The van der Waals surface area contributed by atoms with Crippen LogP contribution in [0, 0.1) is 0 Å². The Labute approximate surface area is 336 Å². The topological polar surface area (TPSA) is 64.7 Å². The average Bonchev–Trinajstić information content (AvgIpc) is 3.91. The summed E-state index contributed by atoms with van der Waals surface area (Å²) in [6.45, 7) is 0. The van der Waals surface area contributed by atoms with Crippen LogP contribution in [0.1, 0.15) is 0 Å². The minimum atomic E-state index is 0.615. The Morgan fingerprint density at radius 3 is 1.83 bits per heavy atom. The Balaban J connectivity index is 1.08. The molecule has 3 aromatic heterocycles. The lowest BCUT2D eigenvalue weighted by Gasteiger charge is -2.13. The number of nitrogens with zero attached hydrogens (tertiary/aromatic N) is 4. The summed E-state index contributed by atoms with van der Waals surface area (Å²) in [6.07, 6.45) is 0. The van der Waals surface area contributed by atoms with Gasteiger partial charge in [-0.05, 0) is 69.1 Å². The van der Waals surface area contributed by atoms with Crippen molar-refractivity contribution in [3.05, 3.63) is 182 Å². The van der Waals surface area contributed by atoms with Crippen molar-refractivity contribution in [3.8, 4) is 56.7 Å². The molecule has 0 saturated heterocycles. The molecule has 0 saturated carbocycles. The van der Waals surface area contributed by atoms with E-state index in [2.05, 4.69) is 140 Å². The van der Waals surface area contributed by atoms with Crippen molar-refractivity contribution in [1.29, 1.82) is 0 Å². The van der Waals surface area contributed by atoms with Crippen LogP contribution in [0.3, 0.4) is 0 Å². The third-order valence-corrected chi connectivity index (χ3v) is 12.4. The van der Waals surface area contributed by atoms with Gasteiger partial charge in [-0.1, -0.05) is 146 Å². The van der Waals surface area contributed by atoms with Gasteiger partial charge in [0.1, 0.15) is 5.52 Å². The number of aromatic nitrogens is 4. The maximum absolute atomic E-state index is 6.58. The molecular formula is C52H30N4OS. The van der Waals surface area contributed by atoms with Gasteiger partial charge in [0.05, 0.1) is 0 Å². The molecule has 270 valence electrons. The van der Waals surface area contributed by atoms with Gasteiger partial charge in [0.25, 0.3) is 0 Å². The van der Waals surface area contributed by atoms with E-state index < -0.39 is 0 Å². The third-order valence-electron chi connectivity index (χ3n) is 11.1. The molecule has 12 aromatic rings. The number of hydrogen-bond acceptors (Lipinski definition) is 6. The van der Waals surface area contributed by atoms with Crippen molar-refractivity contribution in [3.63, 3.8) is 0 Å². The van der Waals surface area contributed by atoms with Crippen molar-refractivity contribution in [2.45, 2.75) is 0 Å². The smallest absolute Gasteiger partial charge is 0.227 e. The summed E-state index contributed by atoms with van der Waals surface area (Å²) in [4.78, 5) is 20.7. The van der Waals surface area contributed by atoms with Gasteiger partial charge in [0.2, 0.25) is 5.89 Å². The van der Waals surface area contributed by atoms with Crippen LogP contribution in [0.15, 0.2) is 186 Å². The second kappa shape index (κ2) is 13.0. The number of benzene rings is 9.